The van der Waals surface area contributed by atoms with E-state index in [1.54, 1.807) is 6.07 Å². The minimum atomic E-state index is -0.570. The van der Waals surface area contributed by atoms with E-state index in [1.807, 2.05) is 36.9 Å². The zero-order chi connectivity index (χ0) is 23.0. The van der Waals surface area contributed by atoms with Crippen LogP contribution in [0.2, 0.25) is 0 Å². The van der Waals surface area contributed by atoms with Gasteiger partial charge in [-0.15, -0.1) is 10.2 Å². The number of rotatable bonds is 10. The molecule has 0 saturated carbocycles. The normalized spacial score (nSPS) is 10.6. The van der Waals surface area contributed by atoms with E-state index >= 15 is 0 Å². The molecular formula is C20H21N5O5S. The van der Waals surface area contributed by atoms with Crippen LogP contribution in [0.15, 0.2) is 34.5 Å². The number of aryl methyl sites for hydroxylation is 1. The zero-order valence-electron chi connectivity index (χ0n) is 17.3. The summed E-state index contributed by atoms with van der Waals surface area (Å²) in [5, 5.41) is 28.2. The molecular weight excluding hydrogens is 422 g/mol. The molecule has 0 saturated heterocycles. The fraction of sp³-hybridized carbons (Fsp3) is 0.350. The molecule has 0 atom stereocenters. The monoisotopic (exact) mass is 443 g/mol. The molecule has 162 valence electrons. The van der Waals surface area contributed by atoms with Crippen LogP contribution in [0.25, 0.3) is 0 Å². The fourth-order valence-corrected chi connectivity index (χ4v) is 3.36. The molecule has 1 aromatic carbocycles. The summed E-state index contributed by atoms with van der Waals surface area (Å²) in [6, 6.07) is 8.52. The SMILES string of the molecule is CCN(CCC(=O)OCC(C)=O)c1ccc(/N=N/c2sc([N+](=O)[O-])cc2C#N)c(C)c1. The summed E-state index contributed by atoms with van der Waals surface area (Å²) < 4.78 is 4.88. The van der Waals surface area contributed by atoms with Gasteiger partial charge < -0.3 is 9.64 Å². The van der Waals surface area contributed by atoms with Crippen molar-refractivity contribution in [2.45, 2.75) is 27.2 Å². The van der Waals surface area contributed by atoms with E-state index in [2.05, 4.69) is 10.2 Å². The van der Waals surface area contributed by atoms with E-state index in [0.29, 0.717) is 18.8 Å². The van der Waals surface area contributed by atoms with Gasteiger partial charge in [0.05, 0.1) is 22.6 Å². The third-order valence-electron chi connectivity index (χ3n) is 4.20. The first-order valence-corrected chi connectivity index (χ1v) is 10.2. The Bertz CT molecular complexity index is 1060. The first-order valence-electron chi connectivity index (χ1n) is 9.35. The third-order valence-corrected chi connectivity index (χ3v) is 5.17. The first kappa shape index (κ1) is 23.6. The van der Waals surface area contributed by atoms with Crippen LogP contribution in [0, 0.1) is 28.4 Å². The summed E-state index contributed by atoms with van der Waals surface area (Å²) >= 11 is 0.789. The molecule has 11 heteroatoms. The predicted octanol–water partition coefficient (Wildman–Crippen LogP) is 4.60. The number of nitro groups is 1. The lowest BCUT2D eigenvalue weighted by Crippen LogP contribution is -2.26. The van der Waals surface area contributed by atoms with Gasteiger partial charge in [0.25, 0.3) is 0 Å². The summed E-state index contributed by atoms with van der Waals surface area (Å²) in [4.78, 5) is 34.9. The van der Waals surface area contributed by atoms with Crippen molar-refractivity contribution >= 4 is 44.5 Å². The molecule has 0 spiro atoms. The zero-order valence-corrected chi connectivity index (χ0v) is 18.1. The van der Waals surface area contributed by atoms with Crippen molar-refractivity contribution in [1.29, 1.82) is 5.26 Å². The number of benzene rings is 1. The molecule has 0 unspecified atom stereocenters. The first-order chi connectivity index (χ1) is 14.7. The summed E-state index contributed by atoms with van der Waals surface area (Å²) in [6.07, 6.45) is 0.149. The fourth-order valence-electron chi connectivity index (χ4n) is 2.61. The highest BCUT2D eigenvalue weighted by atomic mass is 32.1. The number of hydrogen-bond acceptors (Lipinski definition) is 10. The van der Waals surface area contributed by atoms with E-state index in [-0.39, 0.29) is 34.4 Å². The van der Waals surface area contributed by atoms with Gasteiger partial charge in [-0.25, -0.2) is 0 Å². The van der Waals surface area contributed by atoms with E-state index in [4.69, 9.17) is 10.00 Å². The number of carbonyl (C=O) groups is 2. The molecule has 0 N–H and O–H groups in total. The molecule has 0 amide bonds. The van der Waals surface area contributed by atoms with Gasteiger partial charge in [-0.1, -0.05) is 0 Å². The number of thiophene rings is 1. The number of Topliss-reactive ketones (excluding diaryl/α,β-unsaturated/α-hetero) is 1. The molecule has 1 aromatic heterocycles. The summed E-state index contributed by atoms with van der Waals surface area (Å²) in [7, 11) is 0. The molecule has 0 fully saturated rings. The van der Waals surface area contributed by atoms with Crippen molar-refractivity contribution < 1.29 is 19.2 Å². The topological polar surface area (TPSA) is 138 Å². The molecule has 0 radical (unpaired) electrons. The lowest BCUT2D eigenvalue weighted by Gasteiger charge is -2.23. The molecule has 1 heterocycles. The molecule has 0 aliphatic rings. The Labute approximate surface area is 182 Å². The number of esters is 1. The van der Waals surface area contributed by atoms with Gasteiger partial charge in [0, 0.05) is 24.8 Å². The van der Waals surface area contributed by atoms with Gasteiger partial charge in [-0.2, -0.15) is 5.26 Å². The van der Waals surface area contributed by atoms with Crippen LogP contribution < -0.4 is 4.90 Å². The standard InChI is InChI=1S/C20H21N5O5S/c1-4-24(8-7-19(27)30-12-14(3)26)16-5-6-17(13(2)9-16)22-23-20-15(11-21)10-18(31-20)25(28)29/h5-6,9-10H,4,7-8,12H2,1-3H3/b23-22+. The van der Waals surface area contributed by atoms with E-state index in [9.17, 15) is 19.7 Å². The highest BCUT2D eigenvalue weighted by molar-refractivity contribution is 7.19. The second kappa shape index (κ2) is 10.9. The molecule has 2 rings (SSSR count). The van der Waals surface area contributed by atoms with Crippen LogP contribution in [0.1, 0.15) is 31.4 Å². The molecule has 0 bridgehead atoms. The Morgan fingerprint density at radius 2 is 2.06 bits per heavy atom. The average molecular weight is 443 g/mol. The smallest absolute Gasteiger partial charge is 0.327 e. The third kappa shape index (κ3) is 6.68. The summed E-state index contributed by atoms with van der Waals surface area (Å²) in [5.74, 6) is -0.644. The van der Waals surface area contributed by atoms with Crippen LogP contribution in [-0.2, 0) is 14.3 Å². The molecule has 0 aliphatic carbocycles. The number of carbonyl (C=O) groups excluding carboxylic acids is 2. The maximum atomic E-state index is 11.7. The number of anilines is 1. The van der Waals surface area contributed by atoms with Crippen molar-refractivity contribution in [2.75, 3.05) is 24.6 Å². The van der Waals surface area contributed by atoms with Crippen molar-refractivity contribution in [1.82, 2.24) is 0 Å². The Morgan fingerprint density at radius 3 is 2.65 bits per heavy atom. The highest BCUT2D eigenvalue weighted by Crippen LogP contribution is 2.37. The molecule has 2 aromatic rings. The second-order valence-electron chi connectivity index (χ2n) is 6.54. The van der Waals surface area contributed by atoms with Gasteiger partial charge in [-0.3, -0.25) is 19.7 Å². The lowest BCUT2D eigenvalue weighted by molar-refractivity contribution is -0.380. The average Bonchev–Trinajstić information content (AvgIpc) is 3.15. The van der Waals surface area contributed by atoms with Crippen LogP contribution in [-0.4, -0.2) is 36.4 Å². The van der Waals surface area contributed by atoms with Crippen molar-refractivity contribution in [2.24, 2.45) is 10.2 Å². The number of nitrogens with zero attached hydrogens (tertiary/aromatic N) is 5. The second-order valence-corrected chi connectivity index (χ2v) is 7.54. The van der Waals surface area contributed by atoms with Crippen molar-refractivity contribution in [3.63, 3.8) is 0 Å². The molecule has 31 heavy (non-hydrogen) atoms. The van der Waals surface area contributed by atoms with Crippen molar-refractivity contribution in [3.05, 3.63) is 45.5 Å². The highest BCUT2D eigenvalue weighted by Gasteiger charge is 2.17. The number of azo groups is 1. The lowest BCUT2D eigenvalue weighted by atomic mass is 10.1. The molecule has 10 nitrogen and oxygen atoms in total. The largest absolute Gasteiger partial charge is 0.458 e. The maximum Gasteiger partial charge on any atom is 0.327 e. The Morgan fingerprint density at radius 1 is 1.32 bits per heavy atom. The van der Waals surface area contributed by atoms with Crippen LogP contribution in [0.4, 0.5) is 21.4 Å². The van der Waals surface area contributed by atoms with Crippen LogP contribution >= 0.6 is 11.3 Å². The van der Waals surface area contributed by atoms with E-state index < -0.39 is 10.9 Å². The van der Waals surface area contributed by atoms with Crippen molar-refractivity contribution in [3.8, 4) is 6.07 Å². The minimum absolute atomic E-state index is 0.101. The maximum absolute atomic E-state index is 11.7. The van der Waals surface area contributed by atoms with E-state index in [1.165, 1.54) is 13.0 Å². The minimum Gasteiger partial charge on any atom is -0.458 e. The van der Waals surface area contributed by atoms with Gasteiger partial charge in [0.2, 0.25) is 0 Å². The van der Waals surface area contributed by atoms with Gasteiger partial charge in [0.1, 0.15) is 12.7 Å². The molecule has 0 aliphatic heterocycles. The van der Waals surface area contributed by atoms with Gasteiger partial charge >= 0.3 is 11.0 Å². The van der Waals surface area contributed by atoms with Crippen LogP contribution in [0.5, 0.6) is 0 Å². The quantitative estimate of drug-likeness (QED) is 0.226. The summed E-state index contributed by atoms with van der Waals surface area (Å²) in [6.45, 7) is 6.02. The predicted molar refractivity (Wildman–Crippen MR) is 115 cm³/mol. The number of hydrogen-bond donors (Lipinski definition) is 0. The van der Waals surface area contributed by atoms with Gasteiger partial charge in [0.15, 0.2) is 10.8 Å². The van der Waals surface area contributed by atoms with Gasteiger partial charge in [-0.05, 0) is 55.9 Å². The Hall–Kier alpha value is -3.65. The van der Waals surface area contributed by atoms with Crippen LogP contribution in [0.3, 0.4) is 0 Å². The Kier molecular flexibility index (Phi) is 8.33. The van der Waals surface area contributed by atoms with E-state index in [0.717, 1.165) is 22.6 Å². The Balaban J connectivity index is 2.11. The number of nitriles is 1. The summed E-state index contributed by atoms with van der Waals surface area (Å²) in [5.41, 5.74) is 2.34. The number of ether oxygens (including phenoxy) is 1. The number of ketones is 1.